The van der Waals surface area contributed by atoms with Crippen molar-refractivity contribution in [1.82, 2.24) is 19.7 Å². The Morgan fingerprint density at radius 3 is 2.72 bits per heavy atom. The van der Waals surface area contributed by atoms with Crippen molar-refractivity contribution in [2.75, 3.05) is 25.1 Å². The maximum Gasteiger partial charge on any atom is 0.224 e. The predicted octanol–water partition coefficient (Wildman–Crippen LogP) is 3.46. The molecule has 3 N–H and O–H groups in total. The monoisotopic (exact) mass is 394 g/mol. The van der Waals surface area contributed by atoms with Crippen LogP contribution in [-0.4, -0.2) is 45.5 Å². The van der Waals surface area contributed by atoms with Crippen LogP contribution in [0.15, 0.2) is 36.5 Å². The molecule has 154 valence electrons. The molecular formula is C22H30N6O. The second-order valence-corrected chi connectivity index (χ2v) is 7.73. The van der Waals surface area contributed by atoms with Gasteiger partial charge in [-0.3, -0.25) is 0 Å². The molecule has 1 aliphatic rings. The Morgan fingerprint density at radius 2 is 1.97 bits per heavy atom. The van der Waals surface area contributed by atoms with Crippen molar-refractivity contribution in [3.63, 3.8) is 0 Å². The molecule has 7 heteroatoms. The first kappa shape index (κ1) is 19.8. The molecular weight excluding hydrogens is 364 g/mol. The minimum atomic E-state index is 0.351. The molecule has 0 aliphatic heterocycles. The zero-order chi connectivity index (χ0) is 20.1. The fraction of sp³-hybridized carbons (Fsp3) is 0.500. The average molecular weight is 395 g/mol. The largest absolute Gasteiger partial charge is 0.380 e. The van der Waals surface area contributed by atoms with Gasteiger partial charge in [0.2, 0.25) is 5.95 Å². The fourth-order valence-corrected chi connectivity index (χ4v) is 3.98. The highest BCUT2D eigenvalue weighted by Crippen LogP contribution is 2.30. The van der Waals surface area contributed by atoms with E-state index in [2.05, 4.69) is 27.1 Å². The van der Waals surface area contributed by atoms with Crippen LogP contribution in [0.4, 0.5) is 5.95 Å². The molecule has 29 heavy (non-hydrogen) atoms. The number of nitrogens with one attached hydrogen (secondary N) is 1. The summed E-state index contributed by atoms with van der Waals surface area (Å²) in [5, 5.41) is 9.19. The van der Waals surface area contributed by atoms with Gasteiger partial charge in [-0.2, -0.15) is 10.1 Å². The number of nitrogens with two attached hydrogens (primary N) is 1. The number of ether oxygens (including phenoxy) is 1. The first-order chi connectivity index (χ1) is 14.2. The third kappa shape index (κ3) is 4.74. The molecule has 4 rings (SSSR count). The molecule has 1 saturated carbocycles. The van der Waals surface area contributed by atoms with Gasteiger partial charge in [0, 0.05) is 37.5 Å². The number of aromatic nitrogens is 4. The molecule has 2 aromatic heterocycles. The van der Waals surface area contributed by atoms with E-state index in [9.17, 15) is 0 Å². The van der Waals surface area contributed by atoms with Crippen LogP contribution in [0.1, 0.15) is 32.6 Å². The van der Waals surface area contributed by atoms with Gasteiger partial charge in [0.05, 0.1) is 12.0 Å². The van der Waals surface area contributed by atoms with Crippen LogP contribution < -0.4 is 11.1 Å². The number of hydrogen-bond acceptors (Lipinski definition) is 6. The highest BCUT2D eigenvalue weighted by molar-refractivity contribution is 5.91. The first-order valence-corrected chi connectivity index (χ1v) is 10.6. The van der Waals surface area contributed by atoms with E-state index in [0.29, 0.717) is 37.7 Å². The third-order valence-corrected chi connectivity index (χ3v) is 5.59. The lowest BCUT2D eigenvalue weighted by Crippen LogP contribution is -2.28. The van der Waals surface area contributed by atoms with Crippen LogP contribution in [0.5, 0.6) is 0 Å². The van der Waals surface area contributed by atoms with Crippen LogP contribution in [0.3, 0.4) is 0 Å². The average Bonchev–Trinajstić information content (AvgIpc) is 3.11. The van der Waals surface area contributed by atoms with E-state index in [4.69, 9.17) is 20.6 Å². The van der Waals surface area contributed by atoms with Gasteiger partial charge >= 0.3 is 0 Å². The SMILES string of the molecule is CCOCCNc1ncc2c(-c3ccccc3)nn(CC3CCC(N)CC3)c2n1. The van der Waals surface area contributed by atoms with E-state index in [1.165, 1.54) is 0 Å². The maximum atomic E-state index is 6.09. The van der Waals surface area contributed by atoms with E-state index in [-0.39, 0.29) is 0 Å². The molecule has 0 unspecified atom stereocenters. The van der Waals surface area contributed by atoms with Gasteiger partial charge in [0.25, 0.3) is 0 Å². The Balaban J connectivity index is 1.63. The summed E-state index contributed by atoms with van der Waals surface area (Å²) >= 11 is 0. The summed E-state index contributed by atoms with van der Waals surface area (Å²) in [7, 11) is 0. The highest BCUT2D eigenvalue weighted by Gasteiger charge is 2.22. The molecule has 0 saturated heterocycles. The van der Waals surface area contributed by atoms with Crippen molar-refractivity contribution >= 4 is 17.0 Å². The van der Waals surface area contributed by atoms with Gasteiger partial charge in [0.15, 0.2) is 5.65 Å². The second-order valence-electron chi connectivity index (χ2n) is 7.73. The lowest BCUT2D eigenvalue weighted by atomic mass is 9.86. The second kappa shape index (κ2) is 9.33. The van der Waals surface area contributed by atoms with Crippen molar-refractivity contribution in [2.24, 2.45) is 11.7 Å². The molecule has 3 aromatic rings. The van der Waals surface area contributed by atoms with E-state index >= 15 is 0 Å². The van der Waals surface area contributed by atoms with Gasteiger partial charge in [0.1, 0.15) is 5.69 Å². The lowest BCUT2D eigenvalue weighted by Gasteiger charge is -2.25. The molecule has 0 radical (unpaired) electrons. The number of fused-ring (bicyclic) bond motifs is 1. The Kier molecular flexibility index (Phi) is 6.36. The highest BCUT2D eigenvalue weighted by atomic mass is 16.5. The van der Waals surface area contributed by atoms with Crippen LogP contribution in [-0.2, 0) is 11.3 Å². The summed E-state index contributed by atoms with van der Waals surface area (Å²) in [5.74, 6) is 1.20. The van der Waals surface area contributed by atoms with Crippen molar-refractivity contribution in [2.45, 2.75) is 45.2 Å². The van der Waals surface area contributed by atoms with Crippen LogP contribution >= 0.6 is 0 Å². The molecule has 1 aliphatic carbocycles. The van der Waals surface area contributed by atoms with Crippen LogP contribution in [0.2, 0.25) is 0 Å². The molecule has 1 fully saturated rings. The van der Waals surface area contributed by atoms with E-state index in [1.807, 2.05) is 31.3 Å². The van der Waals surface area contributed by atoms with Crippen molar-refractivity contribution in [3.05, 3.63) is 36.5 Å². The van der Waals surface area contributed by atoms with Gasteiger partial charge in [-0.1, -0.05) is 30.3 Å². The van der Waals surface area contributed by atoms with Crippen molar-refractivity contribution in [3.8, 4) is 11.3 Å². The topological polar surface area (TPSA) is 90.9 Å². The standard InChI is InChI=1S/C22H30N6O/c1-2-29-13-12-24-22-25-14-19-20(17-6-4-3-5-7-17)27-28(21(19)26-22)15-16-8-10-18(23)11-9-16/h3-7,14,16,18H,2,8-13,15,23H2,1H3,(H,24,25,26). The Hall–Kier alpha value is -2.51. The Labute approximate surface area is 171 Å². The van der Waals surface area contributed by atoms with Crippen molar-refractivity contribution in [1.29, 1.82) is 0 Å². The lowest BCUT2D eigenvalue weighted by molar-refractivity contribution is 0.158. The summed E-state index contributed by atoms with van der Waals surface area (Å²) in [6, 6.07) is 10.6. The normalized spacial score (nSPS) is 19.5. The quantitative estimate of drug-likeness (QED) is 0.569. The minimum absolute atomic E-state index is 0.351. The van der Waals surface area contributed by atoms with Crippen LogP contribution in [0, 0.1) is 5.92 Å². The predicted molar refractivity (Wildman–Crippen MR) is 116 cm³/mol. The van der Waals surface area contributed by atoms with Crippen LogP contribution in [0.25, 0.3) is 22.3 Å². The van der Waals surface area contributed by atoms with Gasteiger partial charge in [-0.25, -0.2) is 9.67 Å². The summed E-state index contributed by atoms with van der Waals surface area (Å²) in [6.07, 6.45) is 6.36. The van der Waals surface area contributed by atoms with Gasteiger partial charge in [-0.05, 0) is 38.5 Å². The maximum absolute atomic E-state index is 6.09. The fourth-order valence-electron chi connectivity index (χ4n) is 3.98. The summed E-state index contributed by atoms with van der Waals surface area (Å²) in [5.41, 5.74) is 8.99. The Morgan fingerprint density at radius 1 is 1.17 bits per heavy atom. The number of nitrogens with zero attached hydrogens (tertiary/aromatic N) is 4. The van der Waals surface area contributed by atoms with E-state index < -0.39 is 0 Å². The number of hydrogen-bond donors (Lipinski definition) is 2. The zero-order valence-electron chi connectivity index (χ0n) is 17.1. The zero-order valence-corrected chi connectivity index (χ0v) is 17.1. The smallest absolute Gasteiger partial charge is 0.224 e. The molecule has 0 spiro atoms. The first-order valence-electron chi connectivity index (χ1n) is 10.6. The molecule has 0 atom stereocenters. The molecule has 7 nitrogen and oxygen atoms in total. The molecule has 1 aromatic carbocycles. The molecule has 0 amide bonds. The number of anilines is 1. The molecule has 0 bridgehead atoms. The van der Waals surface area contributed by atoms with Gasteiger partial charge in [-0.15, -0.1) is 0 Å². The number of benzene rings is 1. The molecule has 2 heterocycles. The van der Waals surface area contributed by atoms with Gasteiger partial charge < -0.3 is 15.8 Å². The third-order valence-electron chi connectivity index (χ3n) is 5.59. The summed E-state index contributed by atoms with van der Waals surface area (Å²) in [6.45, 7) is 4.88. The Bertz CT molecular complexity index is 918. The van der Waals surface area contributed by atoms with E-state index in [1.54, 1.807) is 0 Å². The summed E-state index contributed by atoms with van der Waals surface area (Å²) < 4.78 is 7.46. The summed E-state index contributed by atoms with van der Waals surface area (Å²) in [4.78, 5) is 9.31. The number of rotatable bonds is 8. The van der Waals surface area contributed by atoms with Crippen molar-refractivity contribution < 1.29 is 4.74 Å². The van der Waals surface area contributed by atoms with E-state index in [0.717, 1.165) is 54.5 Å². The minimum Gasteiger partial charge on any atom is -0.380 e.